The number of aryl methyl sites for hydroxylation is 1. The normalized spacial score (nSPS) is 19.4. The van der Waals surface area contributed by atoms with Gasteiger partial charge in [-0.05, 0) is 44.0 Å². The lowest BCUT2D eigenvalue weighted by Gasteiger charge is -2.27. The summed E-state index contributed by atoms with van der Waals surface area (Å²) in [6.07, 6.45) is 7.76. The van der Waals surface area contributed by atoms with Crippen LogP contribution in [0.25, 0.3) is 5.70 Å². The van der Waals surface area contributed by atoms with Crippen LogP contribution in [0.4, 0.5) is 0 Å². The Hall–Kier alpha value is -3.59. The fraction of sp³-hybridized carbons (Fsp3) is 0.238. The number of aliphatic carboxylic acids is 3. The number of nitrogens with zero attached hydrogens (tertiary/aromatic N) is 2. The smallest absolute Gasteiger partial charge is 0.331 e. The number of hydrazone groups is 1. The molecule has 1 heterocycles. The van der Waals surface area contributed by atoms with Crippen LogP contribution in [0, 0.1) is 12.3 Å². The molecule has 31 heavy (non-hydrogen) atoms. The lowest BCUT2D eigenvalue weighted by Crippen LogP contribution is -2.39. The molecule has 164 valence electrons. The highest BCUT2D eigenvalue weighted by molar-refractivity contribution is 6.30. The molecule has 0 bridgehead atoms. The Morgan fingerprint density at radius 2 is 1.94 bits per heavy atom. The van der Waals surface area contributed by atoms with Crippen LogP contribution in [0.1, 0.15) is 24.5 Å². The predicted octanol–water partition coefficient (Wildman–Crippen LogP) is 2.93. The third-order valence-corrected chi connectivity index (χ3v) is 4.86. The standard InChI is InChI=1S/C12H12ClN3O2.C9H10O4/c1-8-2-3-9(13)6-10(8)11-4-5-14-15-16(11)7-12(17)18;1-9(8(12)13)4-2-3-6(5-9)7(10)11/h2-6,15H,7H2,1H3,(H,17,18);2-4H,5H2,1H3,(H,10,11)(H,12,13). The first-order chi connectivity index (χ1) is 14.5. The molecule has 1 unspecified atom stereocenters. The van der Waals surface area contributed by atoms with Crippen molar-refractivity contribution in [3.05, 3.63) is 64.2 Å². The number of rotatable bonds is 5. The molecule has 2 aliphatic rings. The van der Waals surface area contributed by atoms with Gasteiger partial charge in [0.05, 0.1) is 17.3 Å². The number of hydrogen-bond donors (Lipinski definition) is 4. The van der Waals surface area contributed by atoms with E-state index in [2.05, 4.69) is 10.6 Å². The first kappa shape index (κ1) is 23.7. The minimum Gasteiger partial charge on any atom is -0.481 e. The van der Waals surface area contributed by atoms with Crippen LogP contribution in [-0.4, -0.2) is 51.0 Å². The van der Waals surface area contributed by atoms with Crippen molar-refractivity contribution in [3.8, 4) is 0 Å². The summed E-state index contributed by atoms with van der Waals surface area (Å²) in [5, 5.41) is 32.2. The van der Waals surface area contributed by atoms with Crippen LogP contribution < -0.4 is 5.53 Å². The van der Waals surface area contributed by atoms with Gasteiger partial charge in [0.1, 0.15) is 6.54 Å². The molecule has 3 rings (SSSR count). The van der Waals surface area contributed by atoms with Crippen LogP contribution in [0.5, 0.6) is 0 Å². The number of carboxylic acid groups (broad SMARTS) is 3. The molecule has 0 fully saturated rings. The van der Waals surface area contributed by atoms with Gasteiger partial charge in [0.15, 0.2) is 0 Å². The van der Waals surface area contributed by atoms with E-state index in [9.17, 15) is 14.4 Å². The third kappa shape index (κ3) is 6.19. The van der Waals surface area contributed by atoms with Crippen molar-refractivity contribution in [1.82, 2.24) is 10.5 Å². The van der Waals surface area contributed by atoms with E-state index in [0.29, 0.717) is 5.02 Å². The number of allylic oxidation sites excluding steroid dienone is 3. The molecule has 1 aromatic rings. The van der Waals surface area contributed by atoms with E-state index in [1.807, 2.05) is 13.0 Å². The minimum atomic E-state index is -1.08. The minimum absolute atomic E-state index is 0.0359. The maximum absolute atomic E-state index is 10.8. The summed E-state index contributed by atoms with van der Waals surface area (Å²) >= 11 is 5.97. The van der Waals surface area contributed by atoms with E-state index < -0.39 is 23.3 Å². The number of carboxylic acids is 3. The van der Waals surface area contributed by atoms with E-state index in [-0.39, 0.29) is 18.5 Å². The Morgan fingerprint density at radius 3 is 2.55 bits per heavy atom. The van der Waals surface area contributed by atoms with Gasteiger partial charge in [-0.25, -0.2) is 10.3 Å². The Morgan fingerprint density at radius 1 is 1.23 bits per heavy atom. The van der Waals surface area contributed by atoms with Crippen LogP contribution in [-0.2, 0) is 14.4 Å². The predicted molar refractivity (Wildman–Crippen MR) is 115 cm³/mol. The van der Waals surface area contributed by atoms with Crippen molar-refractivity contribution >= 4 is 41.4 Å². The molecule has 1 atom stereocenters. The van der Waals surface area contributed by atoms with Crippen molar-refractivity contribution in [2.24, 2.45) is 10.5 Å². The van der Waals surface area contributed by atoms with Gasteiger partial charge in [0, 0.05) is 16.2 Å². The van der Waals surface area contributed by atoms with Crippen LogP contribution in [0.15, 0.2) is 53.2 Å². The fourth-order valence-electron chi connectivity index (χ4n) is 2.90. The van der Waals surface area contributed by atoms with Crippen LogP contribution in [0.3, 0.4) is 0 Å². The van der Waals surface area contributed by atoms with Gasteiger partial charge in [-0.15, -0.1) is 0 Å². The third-order valence-electron chi connectivity index (χ3n) is 4.63. The second-order valence-electron chi connectivity index (χ2n) is 7.12. The highest BCUT2D eigenvalue weighted by atomic mass is 35.5. The Kier molecular flexibility index (Phi) is 7.60. The van der Waals surface area contributed by atoms with Gasteiger partial charge in [0.25, 0.3) is 0 Å². The zero-order valence-corrected chi connectivity index (χ0v) is 17.6. The molecule has 4 N–H and O–H groups in total. The Labute approximate surface area is 183 Å². The van der Waals surface area contributed by atoms with Crippen molar-refractivity contribution in [3.63, 3.8) is 0 Å². The maximum Gasteiger partial charge on any atom is 0.331 e. The molecule has 9 nitrogen and oxygen atoms in total. The summed E-state index contributed by atoms with van der Waals surface area (Å²) < 4.78 is 0. The molecule has 0 amide bonds. The number of hydrazine groups is 1. The van der Waals surface area contributed by atoms with Gasteiger partial charge in [0.2, 0.25) is 0 Å². The average Bonchev–Trinajstić information content (AvgIpc) is 2.70. The highest BCUT2D eigenvalue weighted by Gasteiger charge is 2.34. The van der Waals surface area contributed by atoms with Crippen molar-refractivity contribution in [2.45, 2.75) is 20.3 Å². The quantitative estimate of drug-likeness (QED) is 0.540. The van der Waals surface area contributed by atoms with Gasteiger partial charge in [-0.3, -0.25) is 14.6 Å². The summed E-state index contributed by atoms with van der Waals surface area (Å²) in [6.45, 7) is 3.26. The number of benzene rings is 1. The number of carbonyl (C=O) groups is 3. The SMILES string of the molecule is CC1(C(=O)O)C=CC=C(C(=O)O)C1.Cc1ccc(Cl)cc1C1=CC=NNN1CC(=O)O. The summed E-state index contributed by atoms with van der Waals surface area (Å²) in [5.74, 6) is -3.00. The molecule has 0 spiro atoms. The first-order valence-corrected chi connectivity index (χ1v) is 9.51. The largest absolute Gasteiger partial charge is 0.481 e. The van der Waals surface area contributed by atoms with Crippen molar-refractivity contribution < 1.29 is 29.7 Å². The van der Waals surface area contributed by atoms with E-state index in [1.54, 1.807) is 24.4 Å². The van der Waals surface area contributed by atoms with Crippen molar-refractivity contribution in [2.75, 3.05) is 6.54 Å². The lowest BCUT2D eigenvalue weighted by molar-refractivity contribution is -0.145. The van der Waals surface area contributed by atoms with E-state index in [4.69, 9.17) is 26.9 Å². The summed E-state index contributed by atoms with van der Waals surface area (Å²) in [5.41, 5.74) is 4.33. The molecule has 0 saturated heterocycles. The summed E-state index contributed by atoms with van der Waals surface area (Å²) in [6, 6.07) is 5.49. The lowest BCUT2D eigenvalue weighted by atomic mass is 9.80. The Bertz CT molecular complexity index is 1010. The molecule has 10 heteroatoms. The number of hydrogen-bond acceptors (Lipinski definition) is 6. The van der Waals surface area contributed by atoms with Crippen LogP contribution in [0.2, 0.25) is 5.02 Å². The average molecular weight is 448 g/mol. The fourth-order valence-corrected chi connectivity index (χ4v) is 3.07. The van der Waals surface area contributed by atoms with Gasteiger partial charge >= 0.3 is 17.9 Å². The molecule has 0 aromatic heterocycles. The molecular weight excluding hydrogens is 426 g/mol. The van der Waals surface area contributed by atoms with E-state index in [1.165, 1.54) is 30.2 Å². The molecule has 1 aromatic carbocycles. The highest BCUT2D eigenvalue weighted by Crippen LogP contribution is 2.31. The number of halogens is 1. The topological polar surface area (TPSA) is 140 Å². The molecular formula is C21H22ClN3O6. The second-order valence-corrected chi connectivity index (χ2v) is 7.56. The molecule has 0 radical (unpaired) electrons. The molecule has 0 saturated carbocycles. The van der Waals surface area contributed by atoms with Crippen molar-refractivity contribution in [1.29, 1.82) is 0 Å². The Balaban J connectivity index is 0.000000233. The summed E-state index contributed by atoms with van der Waals surface area (Å²) in [7, 11) is 0. The molecule has 1 aliphatic heterocycles. The zero-order chi connectivity index (χ0) is 23.2. The number of nitrogens with one attached hydrogen (secondary N) is 1. The molecule has 1 aliphatic carbocycles. The van der Waals surface area contributed by atoms with E-state index in [0.717, 1.165) is 16.8 Å². The van der Waals surface area contributed by atoms with Gasteiger partial charge in [-0.1, -0.05) is 35.9 Å². The van der Waals surface area contributed by atoms with Gasteiger partial charge < -0.3 is 15.3 Å². The van der Waals surface area contributed by atoms with Crippen LogP contribution >= 0.6 is 11.6 Å². The maximum atomic E-state index is 10.8. The summed E-state index contributed by atoms with van der Waals surface area (Å²) in [4.78, 5) is 32.2. The second kappa shape index (κ2) is 9.94. The van der Waals surface area contributed by atoms with E-state index >= 15 is 0 Å². The van der Waals surface area contributed by atoms with Gasteiger partial charge in [-0.2, -0.15) is 5.10 Å². The zero-order valence-electron chi connectivity index (χ0n) is 16.9. The first-order valence-electron chi connectivity index (χ1n) is 9.13. The monoisotopic (exact) mass is 447 g/mol.